The fraction of sp³-hybridized carbons (Fsp3) is 0.308. The van der Waals surface area contributed by atoms with Crippen molar-refractivity contribution in [2.45, 2.75) is 12.8 Å². The van der Waals surface area contributed by atoms with Gasteiger partial charge < -0.3 is 9.67 Å². The highest BCUT2D eigenvalue weighted by Crippen LogP contribution is 2.46. The van der Waals surface area contributed by atoms with Crippen molar-refractivity contribution in [3.63, 3.8) is 0 Å². The van der Waals surface area contributed by atoms with Crippen molar-refractivity contribution in [2.75, 3.05) is 5.32 Å². The number of carboxylic acids is 1. The van der Waals surface area contributed by atoms with E-state index in [0.29, 0.717) is 23.9 Å². The average molecular weight is 277 g/mol. The molecule has 0 aliphatic heterocycles. The van der Waals surface area contributed by atoms with Crippen LogP contribution in [0.1, 0.15) is 12.8 Å². The molecule has 0 saturated heterocycles. The summed E-state index contributed by atoms with van der Waals surface area (Å²) in [6.07, 6.45) is 0.652. The first kappa shape index (κ1) is 12.6. The Hall–Kier alpha value is -2.44. The number of anilines is 1. The molecule has 1 heterocycles. The number of hydrogen-bond acceptors (Lipinski definition) is 3. The molecule has 2 N–H and O–H groups in total. The molecule has 1 aromatic heterocycles. The highest BCUT2D eigenvalue weighted by atomic mass is 19.1. The molecular weight excluding hydrogens is 265 g/mol. The third-order valence-corrected chi connectivity index (χ3v) is 3.66. The maximum atomic E-state index is 13.1. The van der Waals surface area contributed by atoms with Crippen molar-refractivity contribution in [3.05, 3.63) is 24.0 Å². The van der Waals surface area contributed by atoms with Gasteiger partial charge in [0.15, 0.2) is 0 Å². The van der Waals surface area contributed by atoms with E-state index in [1.54, 1.807) is 17.7 Å². The number of imidazole rings is 1. The van der Waals surface area contributed by atoms with Crippen molar-refractivity contribution >= 4 is 28.9 Å². The molecule has 3 rings (SSSR count). The minimum atomic E-state index is -1.33. The van der Waals surface area contributed by atoms with Gasteiger partial charge in [0, 0.05) is 13.1 Å². The molecule has 1 aliphatic rings. The summed E-state index contributed by atoms with van der Waals surface area (Å²) in [4.78, 5) is 27.2. The third kappa shape index (κ3) is 1.74. The normalized spacial score (nSPS) is 16.1. The zero-order chi connectivity index (χ0) is 14.5. The van der Waals surface area contributed by atoms with Gasteiger partial charge in [-0.1, -0.05) is 0 Å². The second-order valence-electron chi connectivity index (χ2n) is 4.97. The molecule has 0 atom stereocenters. The molecule has 6 nitrogen and oxygen atoms in total. The average Bonchev–Trinajstić information content (AvgIpc) is 3.14. The number of nitrogens with zero attached hydrogens (tertiary/aromatic N) is 2. The smallest absolute Gasteiger partial charge is 0.319 e. The van der Waals surface area contributed by atoms with Gasteiger partial charge in [-0.25, -0.2) is 9.37 Å². The molecule has 1 fully saturated rings. The van der Waals surface area contributed by atoms with Gasteiger partial charge in [-0.2, -0.15) is 0 Å². The molecule has 20 heavy (non-hydrogen) atoms. The van der Waals surface area contributed by atoms with Crippen molar-refractivity contribution in [3.8, 4) is 0 Å². The van der Waals surface area contributed by atoms with E-state index < -0.39 is 23.1 Å². The topological polar surface area (TPSA) is 84.2 Å². The fourth-order valence-electron chi connectivity index (χ4n) is 2.17. The largest absolute Gasteiger partial charge is 0.480 e. The number of nitrogens with one attached hydrogen (secondary N) is 1. The number of rotatable bonds is 3. The first-order valence-corrected chi connectivity index (χ1v) is 6.11. The number of aliphatic carboxylic acids is 1. The van der Waals surface area contributed by atoms with Crippen LogP contribution in [0.15, 0.2) is 18.2 Å². The van der Waals surface area contributed by atoms with Crippen LogP contribution in [0.25, 0.3) is 11.0 Å². The van der Waals surface area contributed by atoms with Crippen LogP contribution in [-0.4, -0.2) is 26.5 Å². The SMILES string of the molecule is Cn1c(NC(=O)C2(C(=O)O)CC2)nc2cc(F)ccc21. The molecule has 1 aliphatic carbocycles. The lowest BCUT2D eigenvalue weighted by atomic mass is 10.1. The van der Waals surface area contributed by atoms with Gasteiger partial charge in [0.25, 0.3) is 0 Å². The highest BCUT2D eigenvalue weighted by molar-refractivity contribution is 6.10. The number of amides is 1. The van der Waals surface area contributed by atoms with E-state index in [-0.39, 0.29) is 5.95 Å². The molecule has 1 saturated carbocycles. The monoisotopic (exact) mass is 277 g/mol. The molecule has 1 aromatic carbocycles. The third-order valence-electron chi connectivity index (χ3n) is 3.66. The summed E-state index contributed by atoms with van der Waals surface area (Å²) in [5, 5.41) is 11.6. The number of carbonyl (C=O) groups excluding carboxylic acids is 1. The van der Waals surface area contributed by atoms with E-state index >= 15 is 0 Å². The Kier molecular flexibility index (Phi) is 2.53. The van der Waals surface area contributed by atoms with Crippen molar-refractivity contribution in [1.29, 1.82) is 0 Å². The molecule has 0 unspecified atom stereocenters. The number of halogens is 1. The number of carboxylic acid groups (broad SMARTS) is 1. The Morgan fingerprint density at radius 2 is 2.15 bits per heavy atom. The summed E-state index contributed by atoms with van der Waals surface area (Å²) in [6, 6.07) is 4.11. The predicted molar refractivity (Wildman–Crippen MR) is 68.6 cm³/mol. The van der Waals surface area contributed by atoms with E-state index in [1.807, 2.05) is 0 Å². The van der Waals surface area contributed by atoms with Crippen molar-refractivity contribution < 1.29 is 19.1 Å². The Balaban J connectivity index is 1.94. The number of benzene rings is 1. The summed E-state index contributed by atoms with van der Waals surface area (Å²) >= 11 is 0. The second kappa shape index (κ2) is 4.03. The van der Waals surface area contributed by atoms with Gasteiger partial charge in [0.1, 0.15) is 11.2 Å². The zero-order valence-electron chi connectivity index (χ0n) is 10.7. The Morgan fingerprint density at radius 3 is 2.75 bits per heavy atom. The van der Waals surface area contributed by atoms with Crippen LogP contribution in [0.5, 0.6) is 0 Å². The van der Waals surface area contributed by atoms with Crippen molar-refractivity contribution in [1.82, 2.24) is 9.55 Å². The standard InChI is InChI=1S/C13H12FN3O3/c1-17-9-3-2-7(14)6-8(9)15-12(17)16-10(18)13(4-5-13)11(19)20/h2-3,6H,4-5H2,1H3,(H,19,20)(H,15,16,18). The Bertz CT molecular complexity index is 734. The van der Waals surface area contributed by atoms with Gasteiger partial charge in [-0.05, 0) is 25.0 Å². The van der Waals surface area contributed by atoms with Gasteiger partial charge in [-0.15, -0.1) is 0 Å². The molecule has 7 heteroatoms. The van der Waals surface area contributed by atoms with Gasteiger partial charge in [-0.3, -0.25) is 14.9 Å². The van der Waals surface area contributed by atoms with E-state index in [2.05, 4.69) is 10.3 Å². The van der Waals surface area contributed by atoms with Crippen LogP contribution in [0.3, 0.4) is 0 Å². The zero-order valence-corrected chi connectivity index (χ0v) is 10.7. The van der Waals surface area contributed by atoms with Crippen LogP contribution >= 0.6 is 0 Å². The predicted octanol–water partition coefficient (Wildman–Crippen LogP) is 1.52. The molecule has 104 valence electrons. The lowest BCUT2D eigenvalue weighted by molar-refractivity contribution is -0.147. The van der Waals surface area contributed by atoms with Crippen LogP contribution in [0, 0.1) is 11.2 Å². The molecule has 1 amide bonds. The Morgan fingerprint density at radius 1 is 1.45 bits per heavy atom. The van der Waals surface area contributed by atoms with Crippen LogP contribution in [-0.2, 0) is 16.6 Å². The highest BCUT2D eigenvalue weighted by Gasteiger charge is 2.57. The lowest BCUT2D eigenvalue weighted by Crippen LogP contribution is -2.32. The summed E-state index contributed by atoms with van der Waals surface area (Å²) in [5.41, 5.74) is -0.270. The summed E-state index contributed by atoms with van der Waals surface area (Å²) < 4.78 is 14.7. The van der Waals surface area contributed by atoms with E-state index in [4.69, 9.17) is 5.11 Å². The minimum Gasteiger partial charge on any atom is -0.480 e. The lowest BCUT2D eigenvalue weighted by Gasteiger charge is -2.10. The molecular formula is C13H12FN3O3. The number of fused-ring (bicyclic) bond motifs is 1. The second-order valence-corrected chi connectivity index (χ2v) is 4.97. The van der Waals surface area contributed by atoms with Gasteiger partial charge >= 0.3 is 5.97 Å². The molecule has 0 bridgehead atoms. The number of aromatic nitrogens is 2. The maximum absolute atomic E-state index is 13.1. The van der Waals surface area contributed by atoms with Crippen LogP contribution in [0.2, 0.25) is 0 Å². The van der Waals surface area contributed by atoms with Gasteiger partial charge in [0.2, 0.25) is 11.9 Å². The van der Waals surface area contributed by atoms with Crippen molar-refractivity contribution in [2.24, 2.45) is 12.5 Å². The molecule has 2 aromatic rings. The number of hydrogen-bond donors (Lipinski definition) is 2. The fourth-order valence-corrected chi connectivity index (χ4v) is 2.17. The number of aryl methyl sites for hydroxylation is 1. The minimum absolute atomic E-state index is 0.211. The van der Waals surface area contributed by atoms with Crippen LogP contribution < -0.4 is 5.32 Å². The summed E-state index contributed by atoms with van der Waals surface area (Å²) in [7, 11) is 1.67. The van der Waals surface area contributed by atoms with Crippen LogP contribution in [0.4, 0.5) is 10.3 Å². The van der Waals surface area contributed by atoms with E-state index in [0.717, 1.165) is 0 Å². The molecule has 0 radical (unpaired) electrons. The first-order valence-electron chi connectivity index (χ1n) is 6.11. The van der Waals surface area contributed by atoms with E-state index in [1.165, 1.54) is 12.1 Å². The number of carbonyl (C=O) groups is 2. The molecule has 0 spiro atoms. The quantitative estimate of drug-likeness (QED) is 0.833. The van der Waals surface area contributed by atoms with E-state index in [9.17, 15) is 14.0 Å². The maximum Gasteiger partial charge on any atom is 0.319 e. The summed E-state index contributed by atoms with van der Waals surface area (Å²) in [5.74, 6) is -1.91. The summed E-state index contributed by atoms with van der Waals surface area (Å²) in [6.45, 7) is 0. The first-order chi connectivity index (χ1) is 9.44. The Labute approximate surface area is 113 Å². The van der Waals surface area contributed by atoms with Gasteiger partial charge in [0.05, 0.1) is 11.0 Å².